The quantitative estimate of drug-likeness (QED) is 0.782. The van der Waals surface area contributed by atoms with Crippen LogP contribution >= 0.6 is 0 Å². The van der Waals surface area contributed by atoms with Crippen molar-refractivity contribution in [3.05, 3.63) is 66.0 Å². The third-order valence-corrected chi connectivity index (χ3v) is 4.95. The van der Waals surface area contributed by atoms with Crippen LogP contribution in [0, 0.1) is 0 Å². The highest BCUT2D eigenvalue weighted by Gasteiger charge is 2.38. The second-order valence-corrected chi connectivity index (χ2v) is 6.69. The van der Waals surface area contributed by atoms with Crippen LogP contribution in [0.4, 0.5) is 0 Å². The summed E-state index contributed by atoms with van der Waals surface area (Å²) in [5.41, 5.74) is 1.86. The van der Waals surface area contributed by atoms with Crippen LogP contribution in [0.2, 0.25) is 0 Å². The number of carbonyl (C=O) groups excluding carboxylic acids is 2. The number of likely N-dealkylation sites (N-methyl/N-ethyl adjacent to an activating group) is 1. The highest BCUT2D eigenvalue weighted by molar-refractivity contribution is 5.86. The van der Waals surface area contributed by atoms with Gasteiger partial charge in [0.25, 0.3) is 0 Å². The molecule has 2 aromatic rings. The van der Waals surface area contributed by atoms with Crippen LogP contribution in [0.25, 0.3) is 0 Å². The molecule has 142 valence electrons. The first-order valence-corrected chi connectivity index (χ1v) is 9.40. The van der Waals surface area contributed by atoms with Crippen molar-refractivity contribution in [1.29, 1.82) is 0 Å². The van der Waals surface area contributed by atoms with Gasteiger partial charge in [-0.05, 0) is 30.5 Å². The van der Waals surface area contributed by atoms with Gasteiger partial charge in [0.05, 0.1) is 6.04 Å². The van der Waals surface area contributed by atoms with Crippen molar-refractivity contribution >= 4 is 11.8 Å². The van der Waals surface area contributed by atoms with Crippen LogP contribution in [-0.2, 0) is 16.0 Å². The predicted molar refractivity (Wildman–Crippen MR) is 104 cm³/mol. The van der Waals surface area contributed by atoms with Gasteiger partial charge in [0.1, 0.15) is 6.04 Å². The summed E-state index contributed by atoms with van der Waals surface area (Å²) in [6.45, 7) is 1.27. The first-order valence-electron chi connectivity index (χ1n) is 9.40. The maximum absolute atomic E-state index is 12.8. The molecule has 1 fully saturated rings. The average Bonchev–Trinajstić information content (AvgIpc) is 3.19. The van der Waals surface area contributed by atoms with E-state index in [0.717, 1.165) is 30.6 Å². The van der Waals surface area contributed by atoms with E-state index in [1.54, 1.807) is 13.2 Å². The summed E-state index contributed by atoms with van der Waals surface area (Å²) < 4.78 is 0. The van der Waals surface area contributed by atoms with E-state index in [-0.39, 0.29) is 17.9 Å². The standard InChI is InChI=1S/C21H26N4O2/c1-22-21(27)19(16-8-3-2-4-9-16)25-15-7-11-18(25)20(26)24-14-12-17-10-5-6-13-23-17/h2-6,8-10,13,18-19H,7,11-12,14-15H2,1H3,(H,22,27)(H,24,26)/t18-,19+/m0/s1. The van der Waals surface area contributed by atoms with Gasteiger partial charge in [-0.1, -0.05) is 36.4 Å². The SMILES string of the molecule is CNC(=O)[C@@H](c1ccccc1)N1CCC[C@H]1C(=O)NCCc1ccccn1. The number of amides is 2. The number of carbonyl (C=O) groups is 2. The number of likely N-dealkylation sites (tertiary alicyclic amines) is 1. The second kappa shape index (κ2) is 9.28. The smallest absolute Gasteiger partial charge is 0.241 e. The Kier molecular flexibility index (Phi) is 6.54. The zero-order valence-electron chi connectivity index (χ0n) is 15.6. The molecule has 2 heterocycles. The van der Waals surface area contributed by atoms with E-state index in [2.05, 4.69) is 15.6 Å². The Morgan fingerprint density at radius 3 is 2.67 bits per heavy atom. The first-order chi connectivity index (χ1) is 13.2. The number of rotatable bonds is 7. The molecule has 0 saturated carbocycles. The molecule has 2 N–H and O–H groups in total. The van der Waals surface area contributed by atoms with Crippen molar-refractivity contribution in [1.82, 2.24) is 20.5 Å². The molecule has 6 nitrogen and oxygen atoms in total. The second-order valence-electron chi connectivity index (χ2n) is 6.69. The van der Waals surface area contributed by atoms with E-state index in [0.29, 0.717) is 13.0 Å². The van der Waals surface area contributed by atoms with Crippen LogP contribution in [0.1, 0.15) is 30.1 Å². The zero-order valence-corrected chi connectivity index (χ0v) is 15.6. The molecule has 1 aromatic carbocycles. The predicted octanol–water partition coefficient (Wildman–Crippen LogP) is 1.69. The zero-order chi connectivity index (χ0) is 19.1. The summed E-state index contributed by atoms with van der Waals surface area (Å²) in [6, 6.07) is 14.7. The van der Waals surface area contributed by atoms with E-state index in [9.17, 15) is 9.59 Å². The van der Waals surface area contributed by atoms with Gasteiger partial charge in [0.15, 0.2) is 0 Å². The number of hydrogen-bond donors (Lipinski definition) is 2. The Bertz CT molecular complexity index is 751. The monoisotopic (exact) mass is 366 g/mol. The summed E-state index contributed by atoms with van der Waals surface area (Å²) >= 11 is 0. The molecular weight excluding hydrogens is 340 g/mol. The lowest BCUT2D eigenvalue weighted by molar-refractivity contribution is -0.131. The summed E-state index contributed by atoms with van der Waals surface area (Å²) in [5, 5.41) is 5.76. The molecule has 3 rings (SSSR count). The summed E-state index contributed by atoms with van der Waals surface area (Å²) in [7, 11) is 1.64. The fourth-order valence-corrected chi connectivity index (χ4v) is 3.62. The Balaban J connectivity index is 1.67. The molecular formula is C21H26N4O2. The Labute approximate surface area is 160 Å². The Morgan fingerprint density at radius 2 is 1.96 bits per heavy atom. The summed E-state index contributed by atoms with van der Waals surface area (Å²) in [6.07, 6.45) is 4.11. The van der Waals surface area contributed by atoms with Gasteiger partial charge in [0.2, 0.25) is 11.8 Å². The number of nitrogens with one attached hydrogen (secondary N) is 2. The molecule has 2 atom stereocenters. The van der Waals surface area contributed by atoms with Crippen LogP contribution in [0.5, 0.6) is 0 Å². The lowest BCUT2D eigenvalue weighted by Crippen LogP contribution is -2.48. The maximum atomic E-state index is 12.8. The van der Waals surface area contributed by atoms with Gasteiger partial charge in [-0.15, -0.1) is 0 Å². The van der Waals surface area contributed by atoms with Gasteiger partial charge in [-0.2, -0.15) is 0 Å². The molecule has 2 amide bonds. The van der Waals surface area contributed by atoms with Crippen molar-refractivity contribution in [3.8, 4) is 0 Å². The third kappa shape index (κ3) is 4.71. The summed E-state index contributed by atoms with van der Waals surface area (Å²) in [4.78, 5) is 31.7. The van der Waals surface area contributed by atoms with Crippen molar-refractivity contribution in [3.63, 3.8) is 0 Å². The normalized spacial score (nSPS) is 18.0. The average molecular weight is 366 g/mol. The highest BCUT2D eigenvalue weighted by Crippen LogP contribution is 2.29. The minimum Gasteiger partial charge on any atom is -0.358 e. The highest BCUT2D eigenvalue weighted by atomic mass is 16.2. The van der Waals surface area contributed by atoms with Crippen molar-refractivity contribution in [2.75, 3.05) is 20.1 Å². The molecule has 0 spiro atoms. The van der Waals surface area contributed by atoms with E-state index in [4.69, 9.17) is 0 Å². The van der Waals surface area contributed by atoms with Crippen molar-refractivity contribution in [2.45, 2.75) is 31.3 Å². The van der Waals surface area contributed by atoms with E-state index in [1.165, 1.54) is 0 Å². The fourth-order valence-electron chi connectivity index (χ4n) is 3.62. The molecule has 0 radical (unpaired) electrons. The molecule has 0 aliphatic carbocycles. The van der Waals surface area contributed by atoms with E-state index >= 15 is 0 Å². The topological polar surface area (TPSA) is 74.3 Å². The Hall–Kier alpha value is -2.73. The molecule has 1 saturated heterocycles. The molecule has 0 bridgehead atoms. The Morgan fingerprint density at radius 1 is 1.19 bits per heavy atom. The fraction of sp³-hybridized carbons (Fsp3) is 0.381. The molecule has 1 aliphatic heterocycles. The lowest BCUT2D eigenvalue weighted by atomic mass is 10.0. The van der Waals surface area contributed by atoms with Crippen LogP contribution < -0.4 is 10.6 Å². The van der Waals surface area contributed by atoms with Crippen LogP contribution in [-0.4, -0.2) is 47.9 Å². The first kappa shape index (κ1) is 19.0. The largest absolute Gasteiger partial charge is 0.358 e. The van der Waals surface area contributed by atoms with Crippen molar-refractivity contribution in [2.24, 2.45) is 0 Å². The maximum Gasteiger partial charge on any atom is 0.241 e. The van der Waals surface area contributed by atoms with Gasteiger partial charge in [0, 0.05) is 38.4 Å². The summed E-state index contributed by atoms with van der Waals surface area (Å²) in [5.74, 6) is -0.109. The van der Waals surface area contributed by atoms with Crippen molar-refractivity contribution < 1.29 is 9.59 Å². The van der Waals surface area contributed by atoms with E-state index < -0.39 is 6.04 Å². The van der Waals surface area contributed by atoms with Gasteiger partial charge in [-0.25, -0.2) is 0 Å². The number of pyridine rings is 1. The minimum absolute atomic E-state index is 0.0201. The van der Waals surface area contributed by atoms with Crippen LogP contribution in [0.15, 0.2) is 54.7 Å². The van der Waals surface area contributed by atoms with Gasteiger partial charge >= 0.3 is 0 Å². The number of aromatic nitrogens is 1. The molecule has 0 unspecified atom stereocenters. The van der Waals surface area contributed by atoms with Gasteiger partial charge < -0.3 is 10.6 Å². The van der Waals surface area contributed by atoms with Gasteiger partial charge in [-0.3, -0.25) is 19.5 Å². The molecule has 1 aliphatic rings. The number of benzene rings is 1. The van der Waals surface area contributed by atoms with E-state index in [1.807, 2.05) is 53.4 Å². The number of hydrogen-bond acceptors (Lipinski definition) is 4. The van der Waals surface area contributed by atoms with Crippen LogP contribution in [0.3, 0.4) is 0 Å². The molecule has 27 heavy (non-hydrogen) atoms. The minimum atomic E-state index is -0.453. The molecule has 1 aromatic heterocycles. The molecule has 6 heteroatoms. The third-order valence-electron chi connectivity index (χ3n) is 4.95. The lowest BCUT2D eigenvalue weighted by Gasteiger charge is -2.31. The number of nitrogens with zero attached hydrogens (tertiary/aromatic N) is 2.